The molecule has 0 saturated carbocycles. The van der Waals surface area contributed by atoms with Gasteiger partial charge < -0.3 is 15.5 Å². The SMILES string of the molecule is C=CC(=O)Nc1cc2c(Nc3cccc(Cl)c3F)ncnc2cc1C#CC1CCN(C)C1. The summed E-state index contributed by atoms with van der Waals surface area (Å²) in [7, 11) is 2.07. The molecule has 162 valence electrons. The Bertz CT molecular complexity index is 1270. The zero-order chi connectivity index (χ0) is 22.7. The Balaban J connectivity index is 1.77. The molecule has 1 fully saturated rings. The van der Waals surface area contributed by atoms with Crippen molar-refractivity contribution in [2.45, 2.75) is 6.42 Å². The first kappa shape index (κ1) is 21.8. The van der Waals surface area contributed by atoms with Crippen LogP contribution in [0.15, 0.2) is 49.3 Å². The third-order valence-electron chi connectivity index (χ3n) is 5.22. The number of nitrogens with one attached hydrogen (secondary N) is 2. The molecule has 1 aliphatic rings. The van der Waals surface area contributed by atoms with Crippen molar-refractivity contribution in [3.8, 4) is 11.8 Å². The third-order valence-corrected chi connectivity index (χ3v) is 5.52. The minimum absolute atomic E-state index is 0.00224. The molecule has 1 saturated heterocycles. The van der Waals surface area contributed by atoms with Gasteiger partial charge in [-0.15, -0.1) is 0 Å². The highest BCUT2D eigenvalue weighted by atomic mass is 35.5. The molecule has 6 nitrogen and oxygen atoms in total. The summed E-state index contributed by atoms with van der Waals surface area (Å²) in [6.45, 7) is 5.44. The fourth-order valence-electron chi connectivity index (χ4n) is 3.55. The van der Waals surface area contributed by atoms with Crippen molar-refractivity contribution < 1.29 is 9.18 Å². The summed E-state index contributed by atoms with van der Waals surface area (Å²) in [5, 5.41) is 6.36. The average molecular weight is 450 g/mol. The summed E-state index contributed by atoms with van der Waals surface area (Å²) < 4.78 is 14.4. The highest BCUT2D eigenvalue weighted by Crippen LogP contribution is 2.31. The molecule has 0 bridgehead atoms. The van der Waals surface area contributed by atoms with Gasteiger partial charge in [0.2, 0.25) is 5.91 Å². The van der Waals surface area contributed by atoms with Crippen molar-refractivity contribution in [1.29, 1.82) is 0 Å². The fraction of sp³-hybridized carbons (Fsp3) is 0.208. The minimum Gasteiger partial charge on any atom is -0.337 e. The number of rotatable bonds is 4. The molecule has 0 spiro atoms. The van der Waals surface area contributed by atoms with Crippen LogP contribution in [0.3, 0.4) is 0 Å². The quantitative estimate of drug-likeness (QED) is 0.450. The van der Waals surface area contributed by atoms with Crippen molar-refractivity contribution in [3.63, 3.8) is 0 Å². The zero-order valence-corrected chi connectivity index (χ0v) is 18.2. The molecule has 2 N–H and O–H groups in total. The summed E-state index contributed by atoms with van der Waals surface area (Å²) >= 11 is 5.89. The Hall–Kier alpha value is -3.47. The molecule has 2 aromatic carbocycles. The van der Waals surface area contributed by atoms with Crippen LogP contribution in [0, 0.1) is 23.6 Å². The van der Waals surface area contributed by atoms with Gasteiger partial charge in [0.25, 0.3) is 0 Å². The summed E-state index contributed by atoms with van der Waals surface area (Å²) in [4.78, 5) is 22.9. The first-order valence-electron chi connectivity index (χ1n) is 10.1. The van der Waals surface area contributed by atoms with Crippen molar-refractivity contribution in [2.24, 2.45) is 5.92 Å². The van der Waals surface area contributed by atoms with Gasteiger partial charge in [0.1, 0.15) is 12.1 Å². The average Bonchev–Trinajstić information content (AvgIpc) is 3.20. The molecule has 1 atom stereocenters. The minimum atomic E-state index is -0.579. The summed E-state index contributed by atoms with van der Waals surface area (Å²) in [5.74, 6) is 6.21. The van der Waals surface area contributed by atoms with Crippen LogP contribution in [-0.2, 0) is 4.79 Å². The lowest BCUT2D eigenvalue weighted by atomic mass is 10.1. The topological polar surface area (TPSA) is 70.1 Å². The van der Waals surface area contributed by atoms with E-state index in [-0.39, 0.29) is 22.5 Å². The Kier molecular flexibility index (Phi) is 6.35. The van der Waals surface area contributed by atoms with E-state index in [0.29, 0.717) is 28.0 Å². The number of aromatic nitrogens is 2. The second-order valence-corrected chi connectivity index (χ2v) is 7.98. The number of hydrogen-bond acceptors (Lipinski definition) is 5. The largest absolute Gasteiger partial charge is 0.337 e. The maximum absolute atomic E-state index is 14.4. The Morgan fingerprint density at radius 2 is 2.19 bits per heavy atom. The van der Waals surface area contributed by atoms with Crippen LogP contribution in [0.2, 0.25) is 5.02 Å². The van der Waals surface area contributed by atoms with Crippen molar-refractivity contribution in [2.75, 3.05) is 30.8 Å². The van der Waals surface area contributed by atoms with Crippen LogP contribution < -0.4 is 10.6 Å². The Morgan fingerprint density at radius 1 is 1.34 bits per heavy atom. The number of likely N-dealkylation sites (tertiary alicyclic amines) is 1. The van der Waals surface area contributed by atoms with E-state index in [0.717, 1.165) is 19.5 Å². The predicted molar refractivity (Wildman–Crippen MR) is 126 cm³/mol. The zero-order valence-electron chi connectivity index (χ0n) is 17.5. The molecule has 1 aromatic heterocycles. The Morgan fingerprint density at radius 3 is 2.94 bits per heavy atom. The summed E-state index contributed by atoms with van der Waals surface area (Å²) in [5.41, 5.74) is 1.93. The number of halogens is 2. The lowest BCUT2D eigenvalue weighted by Gasteiger charge is -2.12. The highest BCUT2D eigenvalue weighted by molar-refractivity contribution is 6.31. The van der Waals surface area contributed by atoms with E-state index >= 15 is 0 Å². The second kappa shape index (κ2) is 9.35. The van der Waals surface area contributed by atoms with Gasteiger partial charge >= 0.3 is 0 Å². The molecule has 4 rings (SSSR count). The molecule has 0 radical (unpaired) electrons. The second-order valence-electron chi connectivity index (χ2n) is 7.57. The van der Waals surface area contributed by atoms with Gasteiger partial charge in [-0.3, -0.25) is 4.79 Å². The number of hydrogen-bond donors (Lipinski definition) is 2. The number of amides is 1. The molecule has 0 aliphatic carbocycles. The molecule has 32 heavy (non-hydrogen) atoms. The van der Waals surface area contributed by atoms with E-state index in [1.807, 2.05) is 0 Å². The van der Waals surface area contributed by atoms with Crippen LogP contribution in [0.4, 0.5) is 21.6 Å². The van der Waals surface area contributed by atoms with Gasteiger partial charge in [0, 0.05) is 17.8 Å². The lowest BCUT2D eigenvalue weighted by molar-refractivity contribution is -0.111. The van der Waals surface area contributed by atoms with E-state index < -0.39 is 5.82 Å². The van der Waals surface area contributed by atoms with Crippen LogP contribution in [0.25, 0.3) is 10.9 Å². The number of nitrogens with zero attached hydrogens (tertiary/aromatic N) is 3. The van der Waals surface area contributed by atoms with Gasteiger partial charge in [-0.1, -0.05) is 36.1 Å². The molecule has 2 heterocycles. The molecule has 1 unspecified atom stereocenters. The van der Waals surface area contributed by atoms with Gasteiger partial charge in [0.15, 0.2) is 5.82 Å². The fourth-order valence-corrected chi connectivity index (χ4v) is 3.73. The van der Waals surface area contributed by atoms with E-state index in [2.05, 4.69) is 51.0 Å². The normalized spacial score (nSPS) is 15.8. The maximum Gasteiger partial charge on any atom is 0.247 e. The van der Waals surface area contributed by atoms with Crippen molar-refractivity contribution >= 4 is 45.6 Å². The number of fused-ring (bicyclic) bond motifs is 1. The smallest absolute Gasteiger partial charge is 0.247 e. The third kappa shape index (κ3) is 4.72. The first-order valence-corrected chi connectivity index (χ1v) is 10.5. The highest BCUT2D eigenvalue weighted by Gasteiger charge is 2.17. The summed E-state index contributed by atoms with van der Waals surface area (Å²) in [6.07, 6.45) is 3.58. The lowest BCUT2D eigenvalue weighted by Crippen LogP contribution is -2.13. The molecule has 1 aliphatic heterocycles. The number of carbonyl (C=O) groups excluding carboxylic acids is 1. The van der Waals surface area contributed by atoms with Crippen molar-refractivity contribution in [3.05, 3.63) is 65.7 Å². The first-order chi connectivity index (χ1) is 15.4. The van der Waals surface area contributed by atoms with E-state index in [1.54, 1.807) is 24.3 Å². The molecular weight excluding hydrogens is 429 g/mol. The van der Waals surface area contributed by atoms with Gasteiger partial charge in [-0.05, 0) is 50.4 Å². The van der Waals surface area contributed by atoms with E-state index in [4.69, 9.17) is 11.6 Å². The van der Waals surface area contributed by atoms with Crippen LogP contribution in [-0.4, -0.2) is 40.9 Å². The summed E-state index contributed by atoms with van der Waals surface area (Å²) in [6, 6.07) is 8.19. The van der Waals surface area contributed by atoms with E-state index in [9.17, 15) is 9.18 Å². The maximum atomic E-state index is 14.4. The predicted octanol–water partition coefficient (Wildman–Crippen LogP) is 4.59. The number of carbonyl (C=O) groups is 1. The Labute approximate surface area is 190 Å². The van der Waals surface area contributed by atoms with Gasteiger partial charge in [0.05, 0.1) is 27.5 Å². The molecular formula is C24H21ClFN5O. The van der Waals surface area contributed by atoms with Crippen LogP contribution in [0.1, 0.15) is 12.0 Å². The number of benzene rings is 2. The van der Waals surface area contributed by atoms with Crippen LogP contribution >= 0.6 is 11.6 Å². The molecule has 8 heteroatoms. The van der Waals surface area contributed by atoms with Gasteiger partial charge in [-0.2, -0.15) is 0 Å². The number of anilines is 3. The van der Waals surface area contributed by atoms with Crippen LogP contribution in [0.5, 0.6) is 0 Å². The monoisotopic (exact) mass is 449 g/mol. The van der Waals surface area contributed by atoms with Gasteiger partial charge in [-0.25, -0.2) is 14.4 Å². The van der Waals surface area contributed by atoms with E-state index in [1.165, 1.54) is 18.5 Å². The van der Waals surface area contributed by atoms with Crippen molar-refractivity contribution in [1.82, 2.24) is 14.9 Å². The molecule has 1 amide bonds. The standard InChI is InChI=1S/C24H21ClFN5O/c1-3-22(32)29-20-12-17-21(11-16(20)8-7-15-9-10-31(2)13-15)27-14-28-24(17)30-19-6-4-5-18(25)23(19)26/h3-6,11-12,14-15H,1,9-10,13H2,2H3,(H,29,32)(H,27,28,30). The molecule has 3 aromatic rings.